The summed E-state index contributed by atoms with van der Waals surface area (Å²) in [5.74, 6) is -1.60. The number of nitrogens with one attached hydrogen (secondary N) is 2. The molecule has 2 N–H and O–H groups in total. The summed E-state index contributed by atoms with van der Waals surface area (Å²) < 4.78 is 17.5. The maximum atomic E-state index is 15.7. The van der Waals surface area contributed by atoms with Crippen molar-refractivity contribution in [1.82, 2.24) is 24.9 Å². The minimum Gasteiger partial charge on any atom is -0.350 e. The van der Waals surface area contributed by atoms with Crippen LogP contribution in [0.3, 0.4) is 0 Å². The predicted octanol–water partition coefficient (Wildman–Crippen LogP) is 4.71. The van der Waals surface area contributed by atoms with Crippen molar-refractivity contribution in [3.63, 3.8) is 0 Å². The summed E-state index contributed by atoms with van der Waals surface area (Å²) >= 11 is 1.87. The molecule has 0 radical (unpaired) electrons. The molecule has 0 aliphatic carbocycles. The largest absolute Gasteiger partial charge is 0.350 e. The van der Waals surface area contributed by atoms with Crippen molar-refractivity contribution < 1.29 is 9.18 Å². The lowest BCUT2D eigenvalue weighted by molar-refractivity contribution is 0.101. The molecule has 0 bridgehead atoms. The predicted molar refractivity (Wildman–Crippen MR) is 136 cm³/mol. The number of H-pyrrole nitrogens is 1. The lowest BCUT2D eigenvalue weighted by atomic mass is 9.80. The zero-order valence-corrected chi connectivity index (χ0v) is 21.9. The number of fused-ring (bicyclic) bond motifs is 1. The summed E-state index contributed by atoms with van der Waals surface area (Å²) in [6, 6.07) is 7.58. The number of amides is 1. The molecule has 1 aromatic carbocycles. The molecule has 0 saturated heterocycles. The molecule has 3 aromatic rings. The van der Waals surface area contributed by atoms with E-state index in [9.17, 15) is 15.3 Å². The van der Waals surface area contributed by atoms with Crippen LogP contribution in [0.25, 0.3) is 10.9 Å². The molecule has 178 valence electrons. The van der Waals surface area contributed by atoms with Gasteiger partial charge in [0.2, 0.25) is 0 Å². The van der Waals surface area contributed by atoms with Gasteiger partial charge in [-0.1, -0.05) is 0 Å². The number of nitriles is 2. The monoisotopic (exact) mass is 584 g/mol. The molecule has 0 spiro atoms. The van der Waals surface area contributed by atoms with Crippen molar-refractivity contribution >= 4 is 45.2 Å². The Morgan fingerprint density at radius 1 is 1.23 bits per heavy atom. The second-order valence-corrected chi connectivity index (χ2v) is 9.32. The first-order chi connectivity index (χ1) is 16.6. The van der Waals surface area contributed by atoms with Gasteiger partial charge in [-0.05, 0) is 62.4 Å². The lowest BCUT2D eigenvalue weighted by Crippen LogP contribution is -2.26. The fourth-order valence-electron chi connectivity index (χ4n) is 4.34. The van der Waals surface area contributed by atoms with Gasteiger partial charge in [-0.2, -0.15) is 20.7 Å². The highest BCUT2D eigenvalue weighted by atomic mass is 127. The number of nitrogens with zero attached hydrogens (tertiary/aromatic N) is 6. The first-order valence-electron chi connectivity index (χ1n) is 10.8. The highest BCUT2D eigenvalue weighted by Crippen LogP contribution is 2.43. The molecule has 0 atom stereocenters. The van der Waals surface area contributed by atoms with E-state index < -0.39 is 17.6 Å². The van der Waals surface area contributed by atoms with Crippen LogP contribution < -0.4 is 5.32 Å². The normalized spacial score (nSPS) is 14.5. The number of halogens is 2. The Hall–Kier alpha value is -3.71. The fraction of sp³-hybridized carbons (Fsp3) is 0.292. The molecular weight excluding hydrogens is 562 g/mol. The van der Waals surface area contributed by atoms with E-state index in [1.807, 2.05) is 29.5 Å². The average Bonchev–Trinajstić information content (AvgIpc) is 3.42. The Balaban J connectivity index is 1.88. The number of carbonyl (C=O) groups excluding carboxylic acids is 1. The number of hydrogen-bond acceptors (Lipinski definition) is 6. The first-order valence-corrected chi connectivity index (χ1v) is 11.9. The fourth-order valence-corrected chi connectivity index (χ4v) is 5.06. The summed E-state index contributed by atoms with van der Waals surface area (Å²) in [5.41, 5.74) is 3.55. The maximum absolute atomic E-state index is 15.7. The smallest absolute Gasteiger partial charge is 0.275 e. The quantitative estimate of drug-likeness (QED) is 0.428. The number of rotatable bonds is 4. The zero-order valence-electron chi connectivity index (χ0n) is 19.8. The van der Waals surface area contributed by atoms with Gasteiger partial charge < -0.3 is 10.2 Å². The van der Waals surface area contributed by atoms with Crippen molar-refractivity contribution in [2.24, 2.45) is 0 Å². The van der Waals surface area contributed by atoms with Gasteiger partial charge in [0, 0.05) is 35.9 Å². The Kier molecular flexibility index (Phi) is 6.38. The summed E-state index contributed by atoms with van der Waals surface area (Å²) in [7, 11) is 1.77. The third-order valence-corrected chi connectivity index (χ3v) is 7.36. The third kappa shape index (κ3) is 3.86. The van der Waals surface area contributed by atoms with Gasteiger partial charge in [0.15, 0.2) is 5.82 Å². The van der Waals surface area contributed by atoms with Crippen LogP contribution in [0.4, 0.5) is 10.2 Å². The van der Waals surface area contributed by atoms with Crippen molar-refractivity contribution in [2.45, 2.75) is 40.2 Å². The molecule has 0 fully saturated rings. The minimum absolute atomic E-state index is 0.174. The second kappa shape index (κ2) is 9.15. The standard InChI is InChI=1S/C24H22FIN8O/c1-6-34-18(7-11(2)32-34)24(35)29-23-15-8-14(20(25)21(26)22(15)30-31-23)19-16(9-27)12(3)33(5)13(4)17(19)10-28/h7-8,19H,6H2,1-5H3,(H2,29,30,31,35). The molecule has 11 heteroatoms. The van der Waals surface area contributed by atoms with Crippen LogP contribution in [0.15, 0.2) is 34.7 Å². The minimum atomic E-state index is -0.873. The molecular formula is C24H22FIN8O. The van der Waals surface area contributed by atoms with Crippen molar-refractivity contribution in [1.29, 1.82) is 10.5 Å². The molecule has 4 rings (SSSR count). The van der Waals surface area contributed by atoms with Crippen molar-refractivity contribution in [3.8, 4) is 12.1 Å². The van der Waals surface area contributed by atoms with Gasteiger partial charge in [-0.3, -0.25) is 14.6 Å². The summed E-state index contributed by atoms with van der Waals surface area (Å²) in [6.07, 6.45) is 0. The van der Waals surface area contributed by atoms with Crippen molar-refractivity contribution in [2.75, 3.05) is 12.4 Å². The summed E-state index contributed by atoms with van der Waals surface area (Å²) in [6.45, 7) is 7.75. The second-order valence-electron chi connectivity index (χ2n) is 8.24. The lowest BCUT2D eigenvalue weighted by Gasteiger charge is -2.33. The van der Waals surface area contributed by atoms with E-state index in [1.54, 1.807) is 49.5 Å². The SMILES string of the molecule is CCn1nc(C)cc1C(=O)Nc1n[nH]c2c(I)c(F)c(C3C(C#N)=C(C)N(C)C(C)=C3C#N)cc12. The number of aromatic nitrogens is 4. The van der Waals surface area contributed by atoms with Crippen LogP contribution in [-0.4, -0.2) is 37.8 Å². The van der Waals surface area contributed by atoms with Crippen LogP contribution in [-0.2, 0) is 6.54 Å². The zero-order chi connectivity index (χ0) is 25.6. The Morgan fingerprint density at radius 2 is 1.86 bits per heavy atom. The molecule has 1 aliphatic rings. The highest BCUT2D eigenvalue weighted by Gasteiger charge is 2.35. The van der Waals surface area contributed by atoms with Gasteiger partial charge in [0.05, 0.1) is 44.0 Å². The van der Waals surface area contributed by atoms with Gasteiger partial charge in [0.25, 0.3) is 5.91 Å². The number of aromatic amines is 1. The van der Waals surface area contributed by atoms with E-state index in [4.69, 9.17) is 0 Å². The van der Waals surface area contributed by atoms with Crippen LogP contribution in [0.2, 0.25) is 0 Å². The topological polar surface area (TPSA) is 126 Å². The van der Waals surface area contributed by atoms with E-state index in [-0.39, 0.29) is 15.0 Å². The summed E-state index contributed by atoms with van der Waals surface area (Å²) in [5, 5.41) is 34.4. The number of benzene rings is 1. The molecule has 3 heterocycles. The highest BCUT2D eigenvalue weighted by molar-refractivity contribution is 14.1. The van der Waals surface area contributed by atoms with Crippen LogP contribution in [0.1, 0.15) is 48.4 Å². The third-order valence-electron chi connectivity index (χ3n) is 6.35. The molecule has 35 heavy (non-hydrogen) atoms. The Morgan fingerprint density at radius 3 is 2.43 bits per heavy atom. The van der Waals surface area contributed by atoms with E-state index in [1.165, 1.54) is 0 Å². The van der Waals surface area contributed by atoms with E-state index in [0.29, 0.717) is 51.4 Å². The molecule has 0 saturated carbocycles. The van der Waals surface area contributed by atoms with Crippen LogP contribution >= 0.6 is 22.6 Å². The van der Waals surface area contributed by atoms with E-state index in [0.717, 1.165) is 0 Å². The summed E-state index contributed by atoms with van der Waals surface area (Å²) in [4.78, 5) is 14.8. The van der Waals surface area contributed by atoms with Gasteiger partial charge in [0.1, 0.15) is 11.5 Å². The average molecular weight is 584 g/mol. The molecule has 1 aliphatic heterocycles. The molecule has 1 amide bonds. The number of hydrogen-bond donors (Lipinski definition) is 2. The molecule has 0 unspecified atom stereocenters. The van der Waals surface area contributed by atoms with Gasteiger partial charge >= 0.3 is 0 Å². The van der Waals surface area contributed by atoms with Crippen LogP contribution in [0, 0.1) is 39.0 Å². The maximum Gasteiger partial charge on any atom is 0.275 e. The van der Waals surface area contributed by atoms with Crippen molar-refractivity contribution in [3.05, 3.63) is 61.0 Å². The number of anilines is 1. The van der Waals surface area contributed by atoms with Gasteiger partial charge in [-0.25, -0.2) is 4.39 Å². The number of allylic oxidation sites excluding steroid dienone is 4. The first kappa shape index (κ1) is 24.4. The van der Waals surface area contributed by atoms with E-state index in [2.05, 4.69) is 32.8 Å². The van der Waals surface area contributed by atoms with Crippen LogP contribution in [0.5, 0.6) is 0 Å². The van der Waals surface area contributed by atoms with E-state index >= 15 is 4.39 Å². The Labute approximate surface area is 215 Å². The molecule has 2 aromatic heterocycles. The van der Waals surface area contributed by atoms with Gasteiger partial charge in [-0.15, -0.1) is 0 Å². The Bertz CT molecular complexity index is 1490. The number of aryl methyl sites for hydroxylation is 2. The number of carbonyl (C=O) groups is 1. The molecule has 9 nitrogen and oxygen atoms in total.